The molecule has 2 heterocycles. The summed E-state index contributed by atoms with van der Waals surface area (Å²) in [4.78, 5) is 34.4. The number of carbonyl (C=O) groups is 1. The third-order valence-electron chi connectivity index (χ3n) is 3.99. The summed E-state index contributed by atoms with van der Waals surface area (Å²) >= 11 is 0. The number of rotatable bonds is 10. The Morgan fingerprint density at radius 3 is 2.77 bits per heavy atom. The van der Waals surface area contributed by atoms with Crippen LogP contribution < -0.4 is 21.5 Å². The number of nitrogen functional groups attached to an aromatic ring is 1. The first kappa shape index (κ1) is 19.7. The number of nitrogens with zero attached hydrogens (tertiary/aromatic N) is 3. The van der Waals surface area contributed by atoms with E-state index in [-0.39, 0.29) is 36.5 Å². The van der Waals surface area contributed by atoms with Crippen molar-refractivity contribution in [3.8, 4) is 6.01 Å². The Morgan fingerprint density at radius 1 is 1.42 bits per heavy atom. The number of aromatic amines is 1. The minimum Gasteiger partial charge on any atom is -0.480 e. The van der Waals surface area contributed by atoms with Crippen LogP contribution in [0, 0.1) is 5.92 Å². The van der Waals surface area contributed by atoms with Crippen molar-refractivity contribution in [3.05, 3.63) is 10.5 Å². The monoisotopic (exact) mass is 366 g/mol. The van der Waals surface area contributed by atoms with Crippen LogP contribution in [0.5, 0.6) is 6.01 Å². The summed E-state index contributed by atoms with van der Waals surface area (Å²) < 4.78 is 6.88. The third kappa shape index (κ3) is 4.51. The van der Waals surface area contributed by atoms with Gasteiger partial charge in [-0.2, -0.15) is 9.97 Å². The van der Waals surface area contributed by atoms with Crippen LogP contribution in [0.25, 0.3) is 11.2 Å². The second kappa shape index (κ2) is 8.65. The Morgan fingerprint density at radius 2 is 2.15 bits per heavy atom. The van der Waals surface area contributed by atoms with Gasteiger partial charge in [0, 0.05) is 13.1 Å². The first-order valence-corrected chi connectivity index (χ1v) is 8.70. The highest BCUT2D eigenvalue weighted by molar-refractivity contribution is 5.81. The molecule has 0 bridgehead atoms. The molecule has 0 amide bonds. The number of carboxylic acids is 1. The maximum absolute atomic E-state index is 12.2. The van der Waals surface area contributed by atoms with Gasteiger partial charge in [-0.15, -0.1) is 0 Å². The molecular weight excluding hydrogens is 340 g/mol. The Kier molecular flexibility index (Phi) is 6.56. The van der Waals surface area contributed by atoms with Crippen molar-refractivity contribution in [2.24, 2.45) is 5.92 Å². The lowest BCUT2D eigenvalue weighted by Gasteiger charge is -2.17. The molecular formula is C16H26N6O4. The summed E-state index contributed by atoms with van der Waals surface area (Å²) in [7, 11) is 0. The molecule has 0 aromatic carbocycles. The Balaban J connectivity index is 2.19. The summed E-state index contributed by atoms with van der Waals surface area (Å²) in [6, 6.07) is -0.571. The van der Waals surface area contributed by atoms with Crippen LogP contribution >= 0.6 is 0 Å². The maximum atomic E-state index is 12.2. The molecule has 0 saturated heterocycles. The van der Waals surface area contributed by atoms with Crippen molar-refractivity contribution in [2.75, 3.05) is 18.9 Å². The zero-order valence-corrected chi connectivity index (χ0v) is 15.3. The quantitative estimate of drug-likeness (QED) is 0.446. The van der Waals surface area contributed by atoms with E-state index >= 15 is 0 Å². The number of unbranched alkanes of at least 4 members (excludes halogenated alkanes) is 1. The number of aliphatic carboxylic acids is 1. The van der Waals surface area contributed by atoms with E-state index in [0.29, 0.717) is 17.8 Å². The van der Waals surface area contributed by atoms with Gasteiger partial charge in [0.25, 0.3) is 0 Å². The third-order valence-corrected chi connectivity index (χ3v) is 3.99. The number of H-pyrrole nitrogens is 1. The molecule has 2 aromatic rings. The average Bonchev–Trinajstić information content (AvgIpc) is 2.87. The van der Waals surface area contributed by atoms with E-state index in [9.17, 15) is 14.7 Å². The van der Waals surface area contributed by atoms with Crippen LogP contribution in [0.2, 0.25) is 0 Å². The van der Waals surface area contributed by atoms with E-state index in [1.165, 1.54) is 4.57 Å². The topological polar surface area (TPSA) is 148 Å². The van der Waals surface area contributed by atoms with Crippen molar-refractivity contribution >= 4 is 23.0 Å². The van der Waals surface area contributed by atoms with E-state index in [0.717, 1.165) is 12.8 Å². The predicted octanol–water partition coefficient (Wildman–Crippen LogP) is 0.580. The zero-order chi connectivity index (χ0) is 19.3. The van der Waals surface area contributed by atoms with Crippen molar-refractivity contribution in [1.82, 2.24) is 24.8 Å². The van der Waals surface area contributed by atoms with Gasteiger partial charge in [-0.25, -0.2) is 4.79 Å². The van der Waals surface area contributed by atoms with Crippen LogP contribution in [0.3, 0.4) is 0 Å². The molecule has 0 fully saturated rings. The van der Waals surface area contributed by atoms with Gasteiger partial charge in [0.05, 0.1) is 6.61 Å². The lowest BCUT2D eigenvalue weighted by Crippen LogP contribution is -2.42. The van der Waals surface area contributed by atoms with Crippen molar-refractivity contribution < 1.29 is 14.6 Å². The molecule has 0 aliphatic heterocycles. The van der Waals surface area contributed by atoms with E-state index in [2.05, 4.69) is 20.3 Å². The second-order valence-corrected chi connectivity index (χ2v) is 6.39. The van der Waals surface area contributed by atoms with Crippen molar-refractivity contribution in [3.63, 3.8) is 0 Å². The van der Waals surface area contributed by atoms with Crippen LogP contribution in [0.15, 0.2) is 4.79 Å². The van der Waals surface area contributed by atoms with Gasteiger partial charge in [-0.05, 0) is 12.3 Å². The molecule has 2 aromatic heterocycles. The molecule has 0 spiro atoms. The fraction of sp³-hybridized carbons (Fsp3) is 0.625. The minimum absolute atomic E-state index is 0.0799. The molecule has 0 unspecified atom stereocenters. The number of nitrogens with two attached hydrogens (primary N) is 1. The number of nitrogens with one attached hydrogen (secondary N) is 2. The summed E-state index contributed by atoms with van der Waals surface area (Å²) in [5.74, 6) is -0.871. The summed E-state index contributed by atoms with van der Waals surface area (Å²) in [6.07, 6.45) is 1.83. The number of hydrogen-bond acceptors (Lipinski definition) is 7. The van der Waals surface area contributed by atoms with Crippen molar-refractivity contribution in [2.45, 2.75) is 46.2 Å². The molecule has 10 heteroatoms. The summed E-state index contributed by atoms with van der Waals surface area (Å²) in [5.41, 5.74) is 6.19. The first-order valence-electron chi connectivity index (χ1n) is 8.70. The van der Waals surface area contributed by atoms with Crippen LogP contribution in [-0.4, -0.2) is 49.8 Å². The molecule has 2 rings (SSSR count). The van der Waals surface area contributed by atoms with Gasteiger partial charge in [0.1, 0.15) is 11.6 Å². The number of imidazole rings is 1. The van der Waals surface area contributed by atoms with E-state index in [4.69, 9.17) is 10.5 Å². The molecule has 0 saturated carbocycles. The Labute approximate surface area is 150 Å². The van der Waals surface area contributed by atoms with Gasteiger partial charge in [-0.3, -0.25) is 9.36 Å². The Hall–Kier alpha value is -2.62. The number of fused-ring (bicyclic) bond motifs is 1. The molecule has 5 N–H and O–H groups in total. The maximum Gasteiger partial charge on any atom is 0.327 e. The summed E-state index contributed by atoms with van der Waals surface area (Å²) in [5, 5.41) is 12.2. The molecule has 26 heavy (non-hydrogen) atoms. The molecule has 0 aliphatic rings. The lowest BCUT2D eigenvalue weighted by atomic mass is 10.1. The van der Waals surface area contributed by atoms with E-state index < -0.39 is 12.0 Å². The average molecular weight is 366 g/mol. The van der Waals surface area contributed by atoms with Gasteiger partial charge in [0.2, 0.25) is 0 Å². The van der Waals surface area contributed by atoms with E-state index in [1.54, 1.807) is 0 Å². The van der Waals surface area contributed by atoms with Gasteiger partial charge in [0.15, 0.2) is 11.5 Å². The highest BCUT2D eigenvalue weighted by atomic mass is 16.5. The number of aromatic nitrogens is 4. The normalized spacial score (nSPS) is 12.6. The predicted molar refractivity (Wildman–Crippen MR) is 97.2 cm³/mol. The smallest absolute Gasteiger partial charge is 0.327 e. The Bertz CT molecular complexity index is 813. The minimum atomic E-state index is -0.926. The highest BCUT2D eigenvalue weighted by Gasteiger charge is 2.21. The first-order chi connectivity index (χ1) is 12.3. The summed E-state index contributed by atoms with van der Waals surface area (Å²) in [6.45, 7) is 6.67. The van der Waals surface area contributed by atoms with Crippen LogP contribution in [0.1, 0.15) is 33.6 Å². The number of ether oxygens (including phenoxy) is 1. The molecule has 10 nitrogen and oxygen atoms in total. The van der Waals surface area contributed by atoms with Crippen molar-refractivity contribution in [1.29, 1.82) is 0 Å². The zero-order valence-electron chi connectivity index (χ0n) is 15.3. The highest BCUT2D eigenvalue weighted by Crippen LogP contribution is 2.17. The fourth-order valence-electron chi connectivity index (χ4n) is 2.55. The fourth-order valence-corrected chi connectivity index (χ4v) is 2.55. The molecule has 1 atom stereocenters. The van der Waals surface area contributed by atoms with Gasteiger partial charge >= 0.3 is 17.7 Å². The molecule has 0 aliphatic carbocycles. The number of carboxylic acid groups (broad SMARTS) is 1. The molecule has 0 radical (unpaired) electrons. The van der Waals surface area contributed by atoms with Crippen LogP contribution in [0.4, 0.5) is 5.82 Å². The van der Waals surface area contributed by atoms with Crippen LogP contribution in [-0.2, 0) is 11.3 Å². The number of hydrogen-bond donors (Lipinski definition) is 4. The van der Waals surface area contributed by atoms with Gasteiger partial charge in [-0.1, -0.05) is 27.2 Å². The molecule has 144 valence electrons. The lowest BCUT2D eigenvalue weighted by molar-refractivity contribution is -0.140. The standard InChI is InChI=1S/C16H26N6O4/c1-4-5-8-26-15-20-12(17)11-13(21-15)22(16(25)19-11)7-6-18-10(9(2)3)14(23)24/h9-10,18H,4-8H2,1-3H3,(H,19,25)(H,23,24)(H2,17,20,21)/t10-/m0/s1. The second-order valence-electron chi connectivity index (χ2n) is 6.39. The SMILES string of the molecule is CCCCOc1nc(N)c2[nH]c(=O)n(CCN[C@H](C(=O)O)C(C)C)c2n1. The largest absolute Gasteiger partial charge is 0.480 e. The van der Waals surface area contributed by atoms with E-state index in [1.807, 2.05) is 20.8 Å². The number of anilines is 1. The van der Waals surface area contributed by atoms with Gasteiger partial charge < -0.3 is 25.9 Å².